The van der Waals surface area contributed by atoms with E-state index in [0.717, 1.165) is 99.3 Å². The van der Waals surface area contributed by atoms with Gasteiger partial charge in [-0.1, -0.05) is 60.7 Å². The summed E-state index contributed by atoms with van der Waals surface area (Å²) >= 11 is 0. The number of rotatable bonds is 15. The lowest BCUT2D eigenvalue weighted by molar-refractivity contribution is -0.148. The normalized spacial score (nSPS) is 14.2. The Hall–Kier alpha value is -8.40. The standard InChI is InChI=1S/C29H34N6O2.C27H30N6O2/c1-4-37-29(36)20-13-15-35(16-14-20)26-12-11-21(17-33-26)34-28-19(2)7-5-9-23(28)27(31)22-8-6-10-25(30)24(22)18-32-3;1-17-5-3-7-21(25(29)20-6-4-8-23(28)22(20)16-30-2)26(17)32-19-9-10-24(31-15-19)33-13-11-18(12-14-33)27(34)35/h5-12,17-18,20,31,34H,4,13-16,30H2,1-3H3;3-10,15-16,18,29,32H,11-14,28H2,1-2H3,(H,34,35). The van der Waals surface area contributed by atoms with Gasteiger partial charge >= 0.3 is 11.9 Å². The van der Waals surface area contributed by atoms with E-state index in [0.29, 0.717) is 60.9 Å². The fourth-order valence-electron chi connectivity index (χ4n) is 9.07. The average Bonchev–Trinajstić information content (AvgIpc) is 3.39. The molecule has 4 heterocycles. The van der Waals surface area contributed by atoms with Crippen LogP contribution in [0.25, 0.3) is 0 Å². The Morgan fingerprint density at radius 2 is 1.06 bits per heavy atom. The largest absolute Gasteiger partial charge is 0.481 e. The number of para-hydroxylation sites is 2. The molecule has 0 aliphatic carbocycles. The van der Waals surface area contributed by atoms with E-state index in [-0.39, 0.29) is 17.8 Å². The van der Waals surface area contributed by atoms with E-state index in [1.165, 1.54) is 0 Å². The lowest BCUT2D eigenvalue weighted by atomic mass is 9.94. The van der Waals surface area contributed by atoms with Crippen LogP contribution in [-0.4, -0.2) is 97.7 Å². The minimum Gasteiger partial charge on any atom is -0.481 e. The molecule has 2 aromatic heterocycles. The fraction of sp³-hybridized carbons (Fsp3) is 0.286. The quantitative estimate of drug-likeness (QED) is 0.0289. The van der Waals surface area contributed by atoms with Gasteiger partial charge in [-0.05, 0) is 94.0 Å². The Morgan fingerprint density at radius 1 is 0.653 bits per heavy atom. The van der Waals surface area contributed by atoms with E-state index in [4.69, 9.17) is 27.0 Å². The second-order valence-electron chi connectivity index (χ2n) is 17.8. The molecule has 2 aliphatic rings. The number of carbonyl (C=O) groups excluding carboxylic acids is 1. The van der Waals surface area contributed by atoms with Gasteiger partial charge in [0.1, 0.15) is 11.6 Å². The summed E-state index contributed by atoms with van der Waals surface area (Å²) in [4.78, 5) is 45.1. The maximum atomic E-state index is 12.0. The van der Waals surface area contributed by atoms with Crippen LogP contribution in [0.3, 0.4) is 0 Å². The highest BCUT2D eigenvalue weighted by molar-refractivity contribution is 6.20. The molecule has 372 valence electrons. The molecule has 0 spiro atoms. The summed E-state index contributed by atoms with van der Waals surface area (Å²) in [6, 6.07) is 30.7. The van der Waals surface area contributed by atoms with Crippen molar-refractivity contribution in [2.75, 3.05) is 78.8 Å². The van der Waals surface area contributed by atoms with Crippen molar-refractivity contribution in [1.29, 1.82) is 10.8 Å². The molecular weight excluding hydrogens is 905 g/mol. The highest BCUT2D eigenvalue weighted by Gasteiger charge is 2.28. The molecule has 2 fully saturated rings. The third-order valence-electron chi connectivity index (χ3n) is 13.1. The summed E-state index contributed by atoms with van der Waals surface area (Å²) < 4.78 is 5.17. The summed E-state index contributed by atoms with van der Waals surface area (Å²) in [5.74, 6) is 0.599. The molecule has 16 heteroatoms. The second kappa shape index (κ2) is 23.9. The van der Waals surface area contributed by atoms with Crippen molar-refractivity contribution in [2.24, 2.45) is 21.8 Å². The third-order valence-corrected chi connectivity index (χ3v) is 13.1. The van der Waals surface area contributed by atoms with Crippen LogP contribution in [0.5, 0.6) is 0 Å². The van der Waals surface area contributed by atoms with Gasteiger partial charge in [0.05, 0.1) is 65.0 Å². The zero-order valence-electron chi connectivity index (χ0n) is 41.6. The SMILES string of the molecule is CCOC(=O)C1CCN(c2ccc(Nc3c(C)cccc3C(=N)c3cccc(N)c3C=NC)cn2)CC1.CN=Cc1c(N)cccc1C(=N)c1cccc(C)c1Nc1ccc(N2CCC(C(=O)O)CC2)nc1. The highest BCUT2D eigenvalue weighted by atomic mass is 16.5. The molecule has 2 saturated heterocycles. The molecule has 16 nitrogen and oxygen atoms in total. The number of aliphatic imine (C=N–C) groups is 2. The van der Waals surface area contributed by atoms with Crippen LogP contribution in [0.2, 0.25) is 0 Å². The van der Waals surface area contributed by atoms with Crippen molar-refractivity contribution >= 4 is 81.6 Å². The number of nitrogen functional groups attached to an aromatic ring is 2. The van der Waals surface area contributed by atoms with Crippen molar-refractivity contribution in [3.63, 3.8) is 0 Å². The highest BCUT2D eigenvalue weighted by Crippen LogP contribution is 2.32. The summed E-state index contributed by atoms with van der Waals surface area (Å²) in [6.07, 6.45) is 9.75. The zero-order chi connectivity index (χ0) is 51.3. The number of hydrogen-bond donors (Lipinski definition) is 7. The zero-order valence-corrected chi connectivity index (χ0v) is 41.6. The number of aromatic nitrogens is 2. The van der Waals surface area contributed by atoms with Gasteiger partial charge in [-0.3, -0.25) is 30.4 Å². The van der Waals surface area contributed by atoms with Crippen LogP contribution < -0.4 is 31.9 Å². The van der Waals surface area contributed by atoms with Crippen LogP contribution in [0.1, 0.15) is 77.1 Å². The number of aryl methyl sites for hydroxylation is 2. The van der Waals surface area contributed by atoms with Crippen molar-refractivity contribution < 1.29 is 19.4 Å². The van der Waals surface area contributed by atoms with Gasteiger partial charge < -0.3 is 41.7 Å². The Balaban J connectivity index is 0.000000212. The monoisotopic (exact) mass is 969 g/mol. The molecule has 0 atom stereocenters. The summed E-state index contributed by atoms with van der Waals surface area (Å²) in [6.45, 7) is 9.18. The number of hydrogen-bond acceptors (Lipinski definition) is 15. The molecule has 9 N–H and O–H groups in total. The lowest BCUT2D eigenvalue weighted by Gasteiger charge is -2.31. The van der Waals surface area contributed by atoms with Crippen molar-refractivity contribution in [1.82, 2.24) is 9.97 Å². The number of nitrogens with zero attached hydrogens (tertiary/aromatic N) is 6. The van der Waals surface area contributed by atoms with E-state index >= 15 is 0 Å². The summed E-state index contributed by atoms with van der Waals surface area (Å²) in [7, 11) is 3.38. The Labute approximate surface area is 421 Å². The molecule has 0 unspecified atom stereocenters. The van der Waals surface area contributed by atoms with E-state index in [1.54, 1.807) is 38.8 Å². The minimum atomic E-state index is -0.718. The topological polar surface area (TPSA) is 244 Å². The van der Waals surface area contributed by atoms with Crippen LogP contribution >= 0.6 is 0 Å². The van der Waals surface area contributed by atoms with Crippen LogP contribution in [0.4, 0.5) is 45.8 Å². The third kappa shape index (κ3) is 12.1. The van der Waals surface area contributed by atoms with Gasteiger partial charge in [0.25, 0.3) is 0 Å². The van der Waals surface area contributed by atoms with Gasteiger partial charge in [-0.2, -0.15) is 0 Å². The number of piperidine rings is 2. The first kappa shape index (κ1) is 51.5. The predicted molar refractivity (Wildman–Crippen MR) is 292 cm³/mol. The molecule has 0 bridgehead atoms. The summed E-state index contributed by atoms with van der Waals surface area (Å²) in [5, 5.41) is 34.1. The molecule has 0 saturated carbocycles. The number of anilines is 8. The van der Waals surface area contributed by atoms with Gasteiger partial charge in [-0.25, -0.2) is 9.97 Å². The number of benzene rings is 4. The average molecular weight is 969 g/mol. The van der Waals surface area contributed by atoms with Crippen molar-refractivity contribution in [2.45, 2.75) is 46.5 Å². The van der Waals surface area contributed by atoms with E-state index in [1.807, 2.05) is 118 Å². The number of nitrogens with two attached hydrogens (primary N) is 2. The van der Waals surface area contributed by atoms with Crippen LogP contribution in [0.15, 0.2) is 119 Å². The molecule has 72 heavy (non-hydrogen) atoms. The van der Waals surface area contributed by atoms with Crippen molar-refractivity contribution in [3.05, 3.63) is 154 Å². The first-order chi connectivity index (χ1) is 34.8. The molecule has 8 rings (SSSR count). The van der Waals surface area contributed by atoms with E-state index < -0.39 is 5.97 Å². The Morgan fingerprint density at radius 3 is 1.43 bits per heavy atom. The van der Waals surface area contributed by atoms with Gasteiger partial charge in [0, 0.05) is 97.5 Å². The molecule has 0 radical (unpaired) electrons. The maximum absolute atomic E-state index is 12.0. The van der Waals surface area contributed by atoms with E-state index in [9.17, 15) is 14.7 Å². The van der Waals surface area contributed by atoms with Gasteiger partial charge in [0.15, 0.2) is 0 Å². The summed E-state index contributed by atoms with van der Waals surface area (Å²) in [5.41, 5.74) is 24.0. The Kier molecular flexibility index (Phi) is 17.1. The number of ether oxygens (including phenoxy) is 1. The molecule has 6 aromatic rings. The second-order valence-corrected chi connectivity index (χ2v) is 17.8. The van der Waals surface area contributed by atoms with Gasteiger partial charge in [0.2, 0.25) is 0 Å². The minimum absolute atomic E-state index is 0.0315. The first-order valence-corrected chi connectivity index (χ1v) is 24.2. The number of carbonyl (C=O) groups is 2. The predicted octanol–water partition coefficient (Wildman–Crippen LogP) is 9.44. The van der Waals surface area contributed by atoms with E-state index in [2.05, 4.69) is 40.4 Å². The molecule has 4 aromatic carbocycles. The molecule has 2 aliphatic heterocycles. The van der Waals surface area contributed by atoms with Crippen LogP contribution in [0, 0.1) is 36.5 Å². The number of aliphatic carboxylic acids is 1. The van der Waals surface area contributed by atoms with Crippen LogP contribution in [-0.2, 0) is 14.3 Å². The first-order valence-electron chi connectivity index (χ1n) is 24.2. The number of carboxylic acid groups (broad SMARTS) is 1. The van der Waals surface area contributed by atoms with Gasteiger partial charge in [-0.15, -0.1) is 0 Å². The molecule has 0 amide bonds. The van der Waals surface area contributed by atoms with Crippen molar-refractivity contribution in [3.8, 4) is 0 Å². The Bertz CT molecular complexity index is 2960. The fourth-order valence-corrected chi connectivity index (χ4v) is 9.07. The number of carboxylic acids is 1. The maximum Gasteiger partial charge on any atom is 0.309 e. The number of esters is 1. The number of pyridine rings is 2. The number of nitrogens with one attached hydrogen (secondary N) is 4. The lowest BCUT2D eigenvalue weighted by Crippen LogP contribution is -2.37. The molecular formula is C56H64N12O4. The smallest absolute Gasteiger partial charge is 0.309 e.